The summed E-state index contributed by atoms with van der Waals surface area (Å²) in [4.78, 5) is 10.2. The Labute approximate surface area is 151 Å². The van der Waals surface area contributed by atoms with Crippen LogP contribution in [-0.4, -0.2) is 38.2 Å². The summed E-state index contributed by atoms with van der Waals surface area (Å²) in [6, 6.07) is 11.7. The summed E-state index contributed by atoms with van der Waals surface area (Å²) in [6.07, 6.45) is -0.514. The van der Waals surface area contributed by atoms with Crippen molar-refractivity contribution >= 4 is 21.4 Å². The minimum Gasteiger partial charge on any atom is -0.490 e. The quantitative estimate of drug-likeness (QED) is 0.557. The number of hydrogen-bond donors (Lipinski definition) is 1. The molecule has 0 aliphatic carbocycles. The molecule has 1 N–H and O–H groups in total. The van der Waals surface area contributed by atoms with Gasteiger partial charge in [0.1, 0.15) is 0 Å². The molecule has 0 aliphatic rings. The second kappa shape index (κ2) is 8.15. The zero-order chi connectivity index (χ0) is 19.3. The number of nitro benzene ring substituents is 1. The largest absolute Gasteiger partial charge is 0.490 e. The van der Waals surface area contributed by atoms with Crippen molar-refractivity contribution in [2.24, 2.45) is 0 Å². The molecule has 2 aromatic carbocycles. The lowest BCUT2D eigenvalue weighted by Gasteiger charge is -2.26. The van der Waals surface area contributed by atoms with E-state index < -0.39 is 26.7 Å². The van der Waals surface area contributed by atoms with E-state index in [9.17, 15) is 23.6 Å². The van der Waals surface area contributed by atoms with Gasteiger partial charge in [0.15, 0.2) is 5.75 Å². The van der Waals surface area contributed by atoms with Gasteiger partial charge in [0.05, 0.1) is 35.3 Å². The van der Waals surface area contributed by atoms with E-state index in [2.05, 4.69) is 0 Å². The second-order valence-corrected chi connectivity index (χ2v) is 7.39. The lowest BCUT2D eigenvalue weighted by atomic mass is 10.2. The summed E-state index contributed by atoms with van der Waals surface area (Å²) in [5.74, 6) is -0.0335. The summed E-state index contributed by atoms with van der Waals surface area (Å²) < 4.78 is 32.2. The molecule has 2 rings (SSSR count). The van der Waals surface area contributed by atoms with Crippen molar-refractivity contribution in [3.05, 3.63) is 58.6 Å². The molecule has 140 valence electrons. The van der Waals surface area contributed by atoms with Gasteiger partial charge in [-0.25, -0.2) is 8.42 Å². The van der Waals surface area contributed by atoms with Crippen LogP contribution in [0.15, 0.2) is 53.4 Å². The highest BCUT2D eigenvalue weighted by Gasteiger charge is 2.29. The smallest absolute Gasteiger partial charge is 0.312 e. The number of ether oxygens (including phenoxy) is 1. The van der Waals surface area contributed by atoms with Crippen LogP contribution in [0.3, 0.4) is 0 Å². The molecule has 0 fully saturated rings. The van der Waals surface area contributed by atoms with Crippen molar-refractivity contribution in [1.29, 1.82) is 0 Å². The molecule has 0 saturated heterocycles. The fraction of sp³-hybridized carbons (Fsp3) is 0.294. The van der Waals surface area contributed by atoms with Crippen LogP contribution in [0.5, 0.6) is 5.75 Å². The second-order valence-electron chi connectivity index (χ2n) is 5.52. The predicted octanol–water partition coefficient (Wildman–Crippen LogP) is 2.57. The normalized spacial score (nSPS) is 12.4. The molecule has 0 spiro atoms. The SMILES string of the molecule is CCC(O)CN(c1ccccc1)S(=O)(=O)c1ccc(OC)c([N+](=O)[O-])c1. The van der Waals surface area contributed by atoms with E-state index in [-0.39, 0.29) is 17.2 Å². The summed E-state index contributed by atoms with van der Waals surface area (Å²) in [6.45, 7) is 1.57. The van der Waals surface area contributed by atoms with Gasteiger partial charge in [0.25, 0.3) is 10.0 Å². The number of nitrogens with zero attached hydrogens (tertiary/aromatic N) is 2. The average molecular weight is 380 g/mol. The molecule has 0 aliphatic heterocycles. The Morgan fingerprint density at radius 2 is 1.88 bits per heavy atom. The van der Waals surface area contributed by atoms with Crippen LogP contribution in [0.4, 0.5) is 11.4 Å². The maximum atomic E-state index is 13.1. The average Bonchev–Trinajstić information content (AvgIpc) is 2.65. The highest BCUT2D eigenvalue weighted by atomic mass is 32.2. The molecule has 0 radical (unpaired) electrons. The first-order valence-corrected chi connectivity index (χ1v) is 9.33. The lowest BCUT2D eigenvalue weighted by molar-refractivity contribution is -0.386. The summed E-state index contributed by atoms with van der Waals surface area (Å²) in [7, 11) is -2.86. The summed E-state index contributed by atoms with van der Waals surface area (Å²) in [5, 5.41) is 21.2. The zero-order valence-corrected chi connectivity index (χ0v) is 15.2. The third-order valence-corrected chi connectivity index (χ3v) is 5.62. The molecule has 8 nitrogen and oxygen atoms in total. The van der Waals surface area contributed by atoms with Crippen molar-refractivity contribution in [3.8, 4) is 5.75 Å². The van der Waals surface area contributed by atoms with Gasteiger partial charge in [-0.05, 0) is 30.7 Å². The molecule has 26 heavy (non-hydrogen) atoms. The van der Waals surface area contributed by atoms with E-state index in [1.807, 2.05) is 0 Å². The minimum atomic E-state index is -4.13. The van der Waals surface area contributed by atoms with Gasteiger partial charge in [-0.15, -0.1) is 0 Å². The van der Waals surface area contributed by atoms with E-state index >= 15 is 0 Å². The van der Waals surface area contributed by atoms with Crippen molar-refractivity contribution in [2.75, 3.05) is 18.0 Å². The molecule has 0 bridgehead atoms. The van der Waals surface area contributed by atoms with Crippen molar-refractivity contribution in [3.63, 3.8) is 0 Å². The van der Waals surface area contributed by atoms with Crippen LogP contribution in [0.1, 0.15) is 13.3 Å². The third kappa shape index (κ3) is 4.12. The van der Waals surface area contributed by atoms with Gasteiger partial charge in [-0.3, -0.25) is 14.4 Å². The maximum absolute atomic E-state index is 13.1. The monoisotopic (exact) mass is 380 g/mol. The van der Waals surface area contributed by atoms with Crippen molar-refractivity contribution < 1.29 is 23.2 Å². The number of rotatable bonds is 8. The molecular formula is C17H20N2O6S. The Morgan fingerprint density at radius 1 is 1.23 bits per heavy atom. The molecule has 1 unspecified atom stereocenters. The van der Waals surface area contributed by atoms with E-state index in [1.54, 1.807) is 37.3 Å². The molecule has 2 aromatic rings. The topological polar surface area (TPSA) is 110 Å². The first-order chi connectivity index (χ1) is 12.3. The van der Waals surface area contributed by atoms with E-state index in [1.165, 1.54) is 19.2 Å². The lowest BCUT2D eigenvalue weighted by Crippen LogP contribution is -2.37. The van der Waals surface area contributed by atoms with Crippen LogP contribution < -0.4 is 9.04 Å². The van der Waals surface area contributed by atoms with Gasteiger partial charge in [-0.2, -0.15) is 0 Å². The van der Waals surface area contributed by atoms with Crippen LogP contribution in [0.25, 0.3) is 0 Å². The highest BCUT2D eigenvalue weighted by molar-refractivity contribution is 7.92. The van der Waals surface area contributed by atoms with Crippen molar-refractivity contribution in [2.45, 2.75) is 24.3 Å². The maximum Gasteiger partial charge on any atom is 0.312 e. The Morgan fingerprint density at radius 3 is 2.42 bits per heavy atom. The molecule has 0 heterocycles. The first-order valence-electron chi connectivity index (χ1n) is 7.89. The molecule has 0 aromatic heterocycles. The number of benzene rings is 2. The molecule has 0 amide bonds. The van der Waals surface area contributed by atoms with Gasteiger partial charge >= 0.3 is 5.69 Å². The van der Waals surface area contributed by atoms with Gasteiger partial charge in [-0.1, -0.05) is 25.1 Å². The minimum absolute atomic E-state index is 0.0335. The van der Waals surface area contributed by atoms with Crippen LogP contribution in [-0.2, 0) is 10.0 Å². The van der Waals surface area contributed by atoms with E-state index in [4.69, 9.17) is 4.74 Å². The first kappa shape index (κ1) is 19.7. The molecular weight excluding hydrogens is 360 g/mol. The fourth-order valence-corrected chi connectivity index (χ4v) is 3.88. The number of para-hydroxylation sites is 1. The number of methoxy groups -OCH3 is 1. The Hall–Kier alpha value is -2.65. The Balaban J connectivity index is 2.56. The number of nitro groups is 1. The van der Waals surface area contributed by atoms with E-state index in [0.717, 1.165) is 10.4 Å². The van der Waals surface area contributed by atoms with Crippen LogP contribution in [0.2, 0.25) is 0 Å². The number of hydrogen-bond acceptors (Lipinski definition) is 6. The van der Waals surface area contributed by atoms with Crippen molar-refractivity contribution in [1.82, 2.24) is 0 Å². The standard InChI is InChI=1S/C17H20N2O6S/c1-3-14(20)12-18(13-7-5-4-6-8-13)26(23,24)15-9-10-17(25-2)16(11-15)19(21)22/h4-11,14,20H,3,12H2,1-2H3. The Bertz CT molecular complexity index is 870. The Kier molecular flexibility index (Phi) is 6.17. The number of aliphatic hydroxyl groups excluding tert-OH is 1. The summed E-state index contributed by atoms with van der Waals surface area (Å²) >= 11 is 0. The third-order valence-electron chi connectivity index (χ3n) is 3.83. The molecule has 0 saturated carbocycles. The van der Waals surface area contributed by atoms with Gasteiger partial charge in [0, 0.05) is 6.07 Å². The van der Waals surface area contributed by atoms with Gasteiger partial charge < -0.3 is 9.84 Å². The van der Waals surface area contributed by atoms with Gasteiger partial charge in [0.2, 0.25) is 0 Å². The zero-order valence-electron chi connectivity index (χ0n) is 14.4. The predicted molar refractivity (Wildman–Crippen MR) is 96.9 cm³/mol. The molecule has 9 heteroatoms. The van der Waals surface area contributed by atoms with Crippen LogP contribution in [0, 0.1) is 10.1 Å². The molecule has 1 atom stereocenters. The number of sulfonamides is 1. The number of anilines is 1. The number of aliphatic hydroxyl groups is 1. The van der Waals surface area contributed by atoms with E-state index in [0.29, 0.717) is 12.1 Å². The highest BCUT2D eigenvalue weighted by Crippen LogP contribution is 2.32. The summed E-state index contributed by atoms with van der Waals surface area (Å²) in [5.41, 5.74) is -0.0869. The fourth-order valence-electron chi connectivity index (χ4n) is 2.36. The van der Waals surface area contributed by atoms with Crippen LogP contribution >= 0.6 is 0 Å².